The van der Waals surface area contributed by atoms with Crippen LogP contribution in [0.5, 0.6) is 0 Å². The Hall–Kier alpha value is -3.54. The number of anilines is 4. The third-order valence-corrected chi connectivity index (χ3v) is 4.92. The maximum absolute atomic E-state index is 12.5. The second kappa shape index (κ2) is 8.00. The van der Waals surface area contributed by atoms with E-state index in [1.807, 2.05) is 54.7 Å². The Morgan fingerprint density at radius 1 is 1.07 bits per heavy atom. The minimum Gasteiger partial charge on any atom is -0.397 e. The van der Waals surface area contributed by atoms with Gasteiger partial charge in [-0.3, -0.25) is 9.78 Å². The van der Waals surface area contributed by atoms with Crippen LogP contribution in [0, 0.1) is 0 Å². The van der Waals surface area contributed by atoms with Crippen molar-refractivity contribution >= 4 is 28.7 Å². The number of hydrogen-bond donors (Lipinski definition) is 3. The topological polar surface area (TPSA) is 83.3 Å². The number of hydrogen-bond acceptors (Lipinski definition) is 5. The van der Waals surface area contributed by atoms with Crippen LogP contribution in [-0.2, 0) is 0 Å². The highest BCUT2D eigenvalue weighted by Crippen LogP contribution is 2.23. The number of benzene rings is 2. The van der Waals surface area contributed by atoms with Gasteiger partial charge in [0.2, 0.25) is 0 Å². The average molecular weight is 373 g/mol. The number of rotatable bonds is 5. The predicted molar refractivity (Wildman–Crippen MR) is 114 cm³/mol. The van der Waals surface area contributed by atoms with E-state index in [4.69, 9.17) is 5.73 Å². The van der Waals surface area contributed by atoms with E-state index in [-0.39, 0.29) is 5.91 Å². The van der Waals surface area contributed by atoms with Crippen LogP contribution in [0.1, 0.15) is 16.8 Å². The van der Waals surface area contributed by atoms with E-state index in [0.29, 0.717) is 23.0 Å². The van der Waals surface area contributed by atoms with E-state index >= 15 is 0 Å². The summed E-state index contributed by atoms with van der Waals surface area (Å²) in [5.41, 5.74) is 9.84. The highest BCUT2D eigenvalue weighted by molar-refractivity contribution is 6.05. The van der Waals surface area contributed by atoms with Crippen molar-refractivity contribution in [2.75, 3.05) is 34.4 Å². The molecule has 1 fully saturated rings. The first-order valence-electron chi connectivity index (χ1n) is 9.36. The summed E-state index contributed by atoms with van der Waals surface area (Å²) in [7, 11) is 0. The fourth-order valence-electron chi connectivity index (χ4n) is 3.43. The minimum atomic E-state index is -0.165. The van der Waals surface area contributed by atoms with Crippen LogP contribution >= 0.6 is 0 Å². The average Bonchev–Trinajstić information content (AvgIpc) is 3.19. The lowest BCUT2D eigenvalue weighted by atomic mass is 10.1. The van der Waals surface area contributed by atoms with Crippen LogP contribution in [0.3, 0.4) is 0 Å². The van der Waals surface area contributed by atoms with Gasteiger partial charge in [-0.15, -0.1) is 0 Å². The summed E-state index contributed by atoms with van der Waals surface area (Å²) in [4.78, 5) is 18.9. The normalized spacial score (nSPS) is 16.0. The van der Waals surface area contributed by atoms with Crippen molar-refractivity contribution < 1.29 is 4.79 Å². The molecule has 0 aliphatic carbocycles. The molecule has 1 aliphatic heterocycles. The van der Waals surface area contributed by atoms with E-state index in [1.54, 1.807) is 18.3 Å². The Bertz CT molecular complexity index is 943. The van der Waals surface area contributed by atoms with Gasteiger partial charge in [0.05, 0.1) is 17.1 Å². The molecule has 3 aromatic rings. The van der Waals surface area contributed by atoms with E-state index in [1.165, 1.54) is 0 Å². The number of nitrogen functional groups attached to an aromatic ring is 1. The molecule has 4 N–H and O–H groups in total. The van der Waals surface area contributed by atoms with Gasteiger partial charge >= 0.3 is 0 Å². The molecule has 1 aromatic heterocycles. The zero-order chi connectivity index (χ0) is 19.3. The first-order chi connectivity index (χ1) is 13.7. The Morgan fingerprint density at radius 2 is 1.89 bits per heavy atom. The van der Waals surface area contributed by atoms with Crippen molar-refractivity contribution in [3.05, 3.63) is 78.6 Å². The summed E-state index contributed by atoms with van der Waals surface area (Å²) in [6, 6.07) is 19.3. The van der Waals surface area contributed by atoms with Crippen LogP contribution in [0.15, 0.2) is 73.1 Å². The molecule has 6 heteroatoms. The second-order valence-corrected chi connectivity index (χ2v) is 6.91. The van der Waals surface area contributed by atoms with E-state index in [9.17, 15) is 4.79 Å². The molecule has 0 unspecified atom stereocenters. The number of pyridine rings is 1. The van der Waals surface area contributed by atoms with Gasteiger partial charge in [-0.25, -0.2) is 0 Å². The molecule has 4 rings (SSSR count). The molecule has 0 bridgehead atoms. The van der Waals surface area contributed by atoms with Crippen molar-refractivity contribution in [3.63, 3.8) is 0 Å². The van der Waals surface area contributed by atoms with Crippen LogP contribution < -0.4 is 21.3 Å². The SMILES string of the molecule is Nc1ccccc1NC(=O)c1ccc(N2CC[C@H](Nc3cccnc3)C2)cc1. The monoisotopic (exact) mass is 373 g/mol. The van der Waals surface area contributed by atoms with Crippen molar-refractivity contribution in [1.29, 1.82) is 0 Å². The number of amides is 1. The van der Waals surface area contributed by atoms with Crippen molar-refractivity contribution in [1.82, 2.24) is 4.98 Å². The Kier molecular flexibility index (Phi) is 5.10. The Labute approximate surface area is 164 Å². The number of para-hydroxylation sites is 2. The summed E-state index contributed by atoms with van der Waals surface area (Å²) < 4.78 is 0. The zero-order valence-electron chi connectivity index (χ0n) is 15.5. The van der Waals surface area contributed by atoms with E-state index in [0.717, 1.165) is 30.9 Å². The summed E-state index contributed by atoms with van der Waals surface area (Å²) >= 11 is 0. The minimum absolute atomic E-state index is 0.165. The van der Waals surface area contributed by atoms with Gasteiger partial charge in [0.25, 0.3) is 5.91 Å². The molecule has 28 heavy (non-hydrogen) atoms. The third-order valence-electron chi connectivity index (χ3n) is 4.92. The summed E-state index contributed by atoms with van der Waals surface area (Å²) in [6.07, 6.45) is 4.68. The maximum atomic E-state index is 12.5. The number of nitrogens with two attached hydrogens (primary N) is 1. The number of aromatic nitrogens is 1. The maximum Gasteiger partial charge on any atom is 0.255 e. The van der Waals surface area contributed by atoms with E-state index < -0.39 is 0 Å². The molecule has 2 heterocycles. The van der Waals surface area contributed by atoms with Gasteiger partial charge in [-0.1, -0.05) is 12.1 Å². The highest BCUT2D eigenvalue weighted by atomic mass is 16.1. The molecule has 1 saturated heterocycles. The predicted octanol–water partition coefficient (Wildman–Crippen LogP) is 3.61. The van der Waals surface area contributed by atoms with Crippen molar-refractivity contribution in [2.24, 2.45) is 0 Å². The van der Waals surface area contributed by atoms with Gasteiger partial charge < -0.3 is 21.3 Å². The molecule has 0 spiro atoms. The van der Waals surface area contributed by atoms with Gasteiger partial charge in [0.15, 0.2) is 0 Å². The van der Waals surface area contributed by atoms with Crippen LogP contribution in [0.4, 0.5) is 22.7 Å². The molecular formula is C22H23N5O. The van der Waals surface area contributed by atoms with Crippen molar-refractivity contribution in [2.45, 2.75) is 12.5 Å². The Morgan fingerprint density at radius 3 is 2.64 bits per heavy atom. The third kappa shape index (κ3) is 4.06. The molecular weight excluding hydrogens is 350 g/mol. The first kappa shape index (κ1) is 17.9. The molecule has 142 valence electrons. The quantitative estimate of drug-likeness (QED) is 0.595. The largest absolute Gasteiger partial charge is 0.397 e. The molecule has 0 radical (unpaired) electrons. The number of carbonyl (C=O) groups excluding carboxylic acids is 1. The lowest BCUT2D eigenvalue weighted by Gasteiger charge is -2.20. The molecule has 1 aliphatic rings. The second-order valence-electron chi connectivity index (χ2n) is 6.91. The number of nitrogens with one attached hydrogen (secondary N) is 2. The Balaban J connectivity index is 1.37. The van der Waals surface area contributed by atoms with Crippen LogP contribution in [0.2, 0.25) is 0 Å². The zero-order valence-corrected chi connectivity index (χ0v) is 15.5. The van der Waals surface area contributed by atoms with Gasteiger partial charge in [-0.2, -0.15) is 0 Å². The van der Waals surface area contributed by atoms with Crippen LogP contribution in [0.25, 0.3) is 0 Å². The lowest BCUT2D eigenvalue weighted by molar-refractivity contribution is 0.102. The van der Waals surface area contributed by atoms with Gasteiger partial charge in [0.1, 0.15) is 0 Å². The molecule has 1 amide bonds. The molecule has 2 aromatic carbocycles. The first-order valence-corrected chi connectivity index (χ1v) is 9.36. The lowest BCUT2D eigenvalue weighted by Crippen LogP contribution is -2.26. The van der Waals surface area contributed by atoms with E-state index in [2.05, 4.69) is 20.5 Å². The van der Waals surface area contributed by atoms with Gasteiger partial charge in [0, 0.05) is 42.8 Å². The smallest absolute Gasteiger partial charge is 0.255 e. The molecule has 1 atom stereocenters. The number of nitrogens with zero attached hydrogens (tertiary/aromatic N) is 2. The fourth-order valence-corrected chi connectivity index (χ4v) is 3.43. The van der Waals surface area contributed by atoms with Crippen LogP contribution in [-0.4, -0.2) is 30.0 Å². The standard InChI is InChI=1S/C22H23N5O/c23-20-5-1-2-6-21(20)26-22(28)16-7-9-19(10-8-16)27-13-11-18(15-27)25-17-4-3-12-24-14-17/h1-10,12,14,18,25H,11,13,15,23H2,(H,26,28)/t18-/m0/s1. The summed E-state index contributed by atoms with van der Waals surface area (Å²) in [6.45, 7) is 1.89. The highest BCUT2D eigenvalue weighted by Gasteiger charge is 2.22. The molecule has 6 nitrogen and oxygen atoms in total. The van der Waals surface area contributed by atoms with Gasteiger partial charge in [-0.05, 0) is 55.0 Å². The van der Waals surface area contributed by atoms with Crippen molar-refractivity contribution in [3.8, 4) is 0 Å². The summed E-state index contributed by atoms with van der Waals surface area (Å²) in [5.74, 6) is -0.165. The fraction of sp³-hybridized carbons (Fsp3) is 0.182. The molecule has 0 saturated carbocycles. The summed E-state index contributed by atoms with van der Waals surface area (Å²) in [5, 5.41) is 6.38. The number of carbonyl (C=O) groups is 1.